The van der Waals surface area contributed by atoms with Crippen molar-refractivity contribution in [3.8, 4) is 0 Å². The monoisotopic (exact) mass is 210 g/mol. The van der Waals surface area contributed by atoms with Crippen LogP contribution in [0.4, 0.5) is 0 Å². The van der Waals surface area contributed by atoms with Crippen LogP contribution in [0.25, 0.3) is 0 Å². The summed E-state index contributed by atoms with van der Waals surface area (Å²) in [6.45, 7) is 0.745. The Labute approximate surface area is 81.8 Å². The highest BCUT2D eigenvalue weighted by molar-refractivity contribution is 7.99. The minimum atomic E-state index is -0.161. The third kappa shape index (κ3) is 8.23. The lowest BCUT2D eigenvalue weighted by molar-refractivity contribution is -0.137. The molecule has 0 amide bonds. The Morgan fingerprint density at radius 1 is 1.50 bits per heavy atom. The Kier molecular flexibility index (Phi) is 9.32. The predicted octanol–water partition coefficient (Wildman–Crippen LogP) is 1.58. The second kappa shape index (κ2) is 9.22. The molecule has 0 rings (SSSR count). The molecule has 0 heterocycles. The summed E-state index contributed by atoms with van der Waals surface area (Å²) in [4.78, 5) is 10.6. The van der Waals surface area contributed by atoms with Crippen LogP contribution in [0.2, 0.25) is 0 Å². The maximum atomic E-state index is 10.6. The first-order valence-corrected chi connectivity index (χ1v) is 5.92. The fraction of sp³-hybridized carbons (Fsp3) is 0.857. The zero-order valence-corrected chi connectivity index (χ0v) is 9.00. The van der Waals surface area contributed by atoms with Gasteiger partial charge in [-0.25, -0.2) is 0 Å². The van der Waals surface area contributed by atoms with Crippen molar-refractivity contribution in [1.82, 2.24) is 0 Å². The zero-order chi connectivity index (χ0) is 9.23. The molecular weight excluding hydrogens is 196 g/mol. The average molecular weight is 210 g/mol. The van der Waals surface area contributed by atoms with E-state index in [0.717, 1.165) is 18.8 Å². The molecular formula is C7H14O3S2. The summed E-state index contributed by atoms with van der Waals surface area (Å²) in [5.74, 6) is 1.22. The number of carbonyl (C=O) groups is 1. The Morgan fingerprint density at radius 3 is 2.83 bits per heavy atom. The van der Waals surface area contributed by atoms with E-state index in [1.165, 1.54) is 19.2 Å². The van der Waals surface area contributed by atoms with Gasteiger partial charge in [0.1, 0.15) is 0 Å². The number of carbonyl (C=O) groups excluding carboxylic acids is 1. The summed E-state index contributed by atoms with van der Waals surface area (Å²) in [5.41, 5.74) is 0. The second-order valence-electron chi connectivity index (χ2n) is 1.97. The smallest absolute Gasteiger partial charge is 0.315 e. The molecule has 12 heavy (non-hydrogen) atoms. The molecule has 72 valence electrons. The van der Waals surface area contributed by atoms with Crippen molar-refractivity contribution in [2.24, 2.45) is 0 Å². The van der Waals surface area contributed by atoms with Crippen LogP contribution in [0.15, 0.2) is 0 Å². The number of methoxy groups -OCH3 is 1. The van der Waals surface area contributed by atoms with Crippen molar-refractivity contribution in [2.45, 2.75) is 6.42 Å². The van der Waals surface area contributed by atoms with Crippen LogP contribution in [0.3, 0.4) is 0 Å². The molecule has 0 unspecified atom stereocenters. The van der Waals surface area contributed by atoms with Crippen LogP contribution in [-0.2, 0) is 13.7 Å². The molecule has 0 aromatic carbocycles. The summed E-state index contributed by atoms with van der Waals surface area (Å²) < 4.78 is 9.54. The molecule has 0 aliphatic rings. The van der Waals surface area contributed by atoms with Gasteiger partial charge in [0.05, 0.1) is 19.5 Å². The van der Waals surface area contributed by atoms with Crippen LogP contribution in [0, 0.1) is 0 Å². The third-order valence-corrected chi connectivity index (χ3v) is 2.50. The summed E-state index contributed by atoms with van der Waals surface area (Å²) in [6, 6.07) is 0. The first-order chi connectivity index (χ1) is 5.81. The van der Waals surface area contributed by atoms with Gasteiger partial charge in [-0.15, -0.1) is 0 Å². The minimum absolute atomic E-state index is 0.161. The summed E-state index contributed by atoms with van der Waals surface area (Å²) >= 11 is 2.94. The van der Waals surface area contributed by atoms with Gasteiger partial charge in [0, 0.05) is 6.26 Å². The molecule has 0 aromatic heterocycles. The highest BCUT2D eigenvalue weighted by atomic mass is 32.2. The molecule has 0 aliphatic heterocycles. The molecule has 0 saturated heterocycles. The van der Waals surface area contributed by atoms with E-state index >= 15 is 0 Å². The molecule has 5 heteroatoms. The van der Waals surface area contributed by atoms with Crippen molar-refractivity contribution in [3.63, 3.8) is 0 Å². The standard InChI is InChI=1S/C7H14O3S2/c1-9-7(8)6-12-5-3-4-10-11-2/h3-6H2,1-2H3. The second-order valence-corrected chi connectivity index (χ2v) is 3.65. The Hall–Kier alpha value is 0.130. The Morgan fingerprint density at radius 2 is 2.25 bits per heavy atom. The van der Waals surface area contributed by atoms with Gasteiger partial charge in [0.15, 0.2) is 0 Å². The van der Waals surface area contributed by atoms with Gasteiger partial charge in [0.2, 0.25) is 0 Å². The first-order valence-electron chi connectivity index (χ1n) is 3.61. The van der Waals surface area contributed by atoms with Gasteiger partial charge in [0.25, 0.3) is 0 Å². The fourth-order valence-corrected chi connectivity index (χ4v) is 1.55. The lowest BCUT2D eigenvalue weighted by Gasteiger charge is -1.99. The van der Waals surface area contributed by atoms with Crippen molar-refractivity contribution >= 4 is 29.8 Å². The van der Waals surface area contributed by atoms with Gasteiger partial charge in [-0.3, -0.25) is 4.79 Å². The van der Waals surface area contributed by atoms with Crippen LogP contribution < -0.4 is 0 Å². The number of rotatable bonds is 7. The molecule has 0 spiro atoms. The van der Waals surface area contributed by atoms with Crippen LogP contribution in [0.5, 0.6) is 0 Å². The number of esters is 1. The largest absolute Gasteiger partial charge is 0.468 e. The van der Waals surface area contributed by atoms with E-state index in [2.05, 4.69) is 4.74 Å². The van der Waals surface area contributed by atoms with Crippen LogP contribution in [0.1, 0.15) is 6.42 Å². The van der Waals surface area contributed by atoms with Crippen molar-refractivity contribution in [2.75, 3.05) is 31.5 Å². The zero-order valence-electron chi connectivity index (χ0n) is 7.37. The van der Waals surface area contributed by atoms with Crippen molar-refractivity contribution in [1.29, 1.82) is 0 Å². The van der Waals surface area contributed by atoms with E-state index in [1.807, 2.05) is 6.26 Å². The molecule has 0 atom stereocenters. The van der Waals surface area contributed by atoms with Gasteiger partial charge in [-0.2, -0.15) is 11.8 Å². The average Bonchev–Trinajstić information content (AvgIpc) is 2.10. The highest BCUT2D eigenvalue weighted by Gasteiger charge is 1.98. The summed E-state index contributed by atoms with van der Waals surface area (Å²) in [5, 5.41) is 0. The maximum Gasteiger partial charge on any atom is 0.315 e. The third-order valence-electron chi connectivity index (χ3n) is 1.08. The Balaban J connectivity index is 2.95. The molecule has 0 fully saturated rings. The number of thioether (sulfide) groups is 1. The maximum absolute atomic E-state index is 10.6. The van der Waals surface area contributed by atoms with Crippen molar-refractivity contribution in [3.05, 3.63) is 0 Å². The SMILES string of the molecule is COC(=O)CSCCCOSC. The van der Waals surface area contributed by atoms with Crippen LogP contribution >= 0.6 is 23.8 Å². The fourth-order valence-electron chi connectivity index (χ4n) is 0.518. The van der Waals surface area contributed by atoms with Gasteiger partial charge in [-0.1, -0.05) is 0 Å². The van der Waals surface area contributed by atoms with E-state index < -0.39 is 0 Å². The van der Waals surface area contributed by atoms with Gasteiger partial charge >= 0.3 is 5.97 Å². The van der Waals surface area contributed by atoms with Crippen LogP contribution in [-0.4, -0.2) is 37.4 Å². The van der Waals surface area contributed by atoms with E-state index in [-0.39, 0.29) is 5.97 Å². The highest BCUT2D eigenvalue weighted by Crippen LogP contribution is 2.04. The summed E-state index contributed by atoms with van der Waals surface area (Å²) in [7, 11) is 1.40. The number of hydrogen-bond donors (Lipinski definition) is 0. The van der Waals surface area contributed by atoms with E-state index in [4.69, 9.17) is 4.18 Å². The Bertz CT molecular complexity index is 119. The lowest BCUT2D eigenvalue weighted by Crippen LogP contribution is -2.04. The predicted molar refractivity (Wildman–Crippen MR) is 53.4 cm³/mol. The first kappa shape index (κ1) is 12.1. The van der Waals surface area contributed by atoms with E-state index in [0.29, 0.717) is 5.75 Å². The van der Waals surface area contributed by atoms with Gasteiger partial charge in [-0.05, 0) is 24.2 Å². The normalized spacial score (nSPS) is 9.83. The number of ether oxygens (including phenoxy) is 1. The quantitative estimate of drug-likeness (QED) is 0.362. The molecule has 0 aliphatic carbocycles. The summed E-state index contributed by atoms with van der Waals surface area (Å²) in [6.07, 6.45) is 2.87. The molecule has 0 N–H and O–H groups in total. The molecule has 3 nitrogen and oxygen atoms in total. The van der Waals surface area contributed by atoms with E-state index in [1.54, 1.807) is 11.8 Å². The lowest BCUT2D eigenvalue weighted by atomic mass is 10.5. The van der Waals surface area contributed by atoms with Gasteiger partial charge < -0.3 is 8.92 Å². The van der Waals surface area contributed by atoms with Crippen molar-refractivity contribution < 1.29 is 13.7 Å². The molecule has 0 bridgehead atoms. The van der Waals surface area contributed by atoms with E-state index in [9.17, 15) is 4.79 Å². The number of hydrogen-bond acceptors (Lipinski definition) is 5. The topological polar surface area (TPSA) is 35.5 Å². The molecule has 0 saturated carbocycles. The molecule has 0 radical (unpaired) electrons. The molecule has 0 aromatic rings. The minimum Gasteiger partial charge on any atom is -0.468 e.